The molecule has 3 saturated heterocycles. The van der Waals surface area contributed by atoms with Crippen LogP contribution < -0.4 is 10.6 Å². The maximum Gasteiger partial charge on any atom is 0.325 e. The summed E-state index contributed by atoms with van der Waals surface area (Å²) >= 11 is 0. The normalized spacial score (nSPS) is 26.7. The number of hydrogen-bond acceptors (Lipinski definition) is 4. The predicted molar refractivity (Wildman–Crippen MR) is 109 cm³/mol. The van der Waals surface area contributed by atoms with Gasteiger partial charge in [-0.3, -0.25) is 19.8 Å². The van der Waals surface area contributed by atoms with E-state index in [1.165, 1.54) is 4.90 Å². The first kappa shape index (κ1) is 19.9. The molecule has 0 radical (unpaired) electrons. The van der Waals surface area contributed by atoms with Gasteiger partial charge in [0.2, 0.25) is 11.8 Å². The molecule has 7 heteroatoms. The highest BCUT2D eigenvalue weighted by Crippen LogP contribution is 2.29. The van der Waals surface area contributed by atoms with Crippen LogP contribution in [0.2, 0.25) is 0 Å². The van der Waals surface area contributed by atoms with E-state index in [0.717, 1.165) is 31.4 Å². The zero-order valence-corrected chi connectivity index (χ0v) is 17.0. The van der Waals surface area contributed by atoms with Crippen LogP contribution in [0, 0.1) is 5.92 Å². The maximum absolute atomic E-state index is 13.1. The first-order valence-electron chi connectivity index (χ1n) is 10.8. The zero-order valence-electron chi connectivity index (χ0n) is 17.0. The van der Waals surface area contributed by atoms with Gasteiger partial charge in [0.05, 0.1) is 18.0 Å². The lowest BCUT2D eigenvalue weighted by Gasteiger charge is -2.45. The fourth-order valence-electron chi connectivity index (χ4n) is 4.94. The van der Waals surface area contributed by atoms with Crippen LogP contribution in [0.25, 0.3) is 0 Å². The van der Waals surface area contributed by atoms with Crippen LogP contribution in [0.3, 0.4) is 0 Å². The Morgan fingerprint density at radius 2 is 1.86 bits per heavy atom. The molecule has 4 amide bonds. The number of urea groups is 1. The first-order valence-corrected chi connectivity index (χ1v) is 10.8. The average Bonchev–Trinajstić information content (AvgIpc) is 2.75. The highest BCUT2D eigenvalue weighted by molar-refractivity contribution is 5.99. The molecule has 0 aromatic heterocycles. The minimum absolute atomic E-state index is 0.0635. The Labute approximate surface area is 171 Å². The average molecular weight is 399 g/mol. The van der Waals surface area contributed by atoms with Gasteiger partial charge in [0.1, 0.15) is 0 Å². The van der Waals surface area contributed by atoms with Gasteiger partial charge in [-0.25, -0.2) is 4.79 Å². The number of likely N-dealkylation sites (tertiary alicyclic amines) is 1. The van der Waals surface area contributed by atoms with E-state index >= 15 is 0 Å². The van der Waals surface area contributed by atoms with Crippen molar-refractivity contribution in [3.8, 4) is 0 Å². The number of carbonyl (C=O) groups is 3. The van der Waals surface area contributed by atoms with Crippen LogP contribution in [-0.2, 0) is 9.59 Å². The van der Waals surface area contributed by atoms with Crippen molar-refractivity contribution < 1.29 is 14.4 Å². The topological polar surface area (TPSA) is 81.8 Å². The lowest BCUT2D eigenvalue weighted by Crippen LogP contribution is -2.68. The number of rotatable bonds is 4. The van der Waals surface area contributed by atoms with Crippen molar-refractivity contribution in [1.82, 2.24) is 20.4 Å². The van der Waals surface area contributed by atoms with E-state index in [2.05, 4.69) is 10.6 Å². The zero-order chi connectivity index (χ0) is 20.4. The lowest BCUT2D eigenvalue weighted by atomic mass is 9.90. The number of benzene rings is 1. The maximum atomic E-state index is 13.1. The summed E-state index contributed by atoms with van der Waals surface area (Å²) in [4.78, 5) is 42.0. The Hall–Kier alpha value is -2.41. The Morgan fingerprint density at radius 1 is 1.14 bits per heavy atom. The molecule has 156 valence electrons. The summed E-state index contributed by atoms with van der Waals surface area (Å²) in [6.45, 7) is 4.02. The summed E-state index contributed by atoms with van der Waals surface area (Å²) in [6.07, 6.45) is 3.55. The molecule has 1 aromatic rings. The largest absolute Gasteiger partial charge is 0.342 e. The van der Waals surface area contributed by atoms with Gasteiger partial charge in [0.25, 0.3) is 0 Å². The van der Waals surface area contributed by atoms with Gasteiger partial charge in [-0.1, -0.05) is 37.3 Å². The number of imide groups is 1. The van der Waals surface area contributed by atoms with E-state index in [4.69, 9.17) is 0 Å². The van der Waals surface area contributed by atoms with E-state index in [9.17, 15) is 14.4 Å². The van der Waals surface area contributed by atoms with E-state index in [1.807, 2.05) is 42.2 Å². The second kappa shape index (κ2) is 8.53. The number of nitrogens with zero attached hydrogens (tertiary/aromatic N) is 2. The molecule has 3 fully saturated rings. The van der Waals surface area contributed by atoms with Gasteiger partial charge >= 0.3 is 6.03 Å². The Kier molecular flexibility index (Phi) is 5.85. The molecule has 0 saturated carbocycles. The number of hydrogen-bond donors (Lipinski definition) is 2. The van der Waals surface area contributed by atoms with Gasteiger partial charge in [-0.05, 0) is 44.2 Å². The minimum Gasteiger partial charge on any atom is -0.342 e. The molecule has 0 spiro atoms. The monoisotopic (exact) mass is 398 g/mol. The summed E-state index contributed by atoms with van der Waals surface area (Å²) in [6, 6.07) is 9.46. The number of fused-ring (bicyclic) bond motifs is 1. The first-order chi connectivity index (χ1) is 14.1. The Balaban J connectivity index is 1.39. The highest BCUT2D eigenvalue weighted by Gasteiger charge is 2.45. The van der Waals surface area contributed by atoms with Gasteiger partial charge in [-0.15, -0.1) is 0 Å². The Morgan fingerprint density at radius 3 is 2.55 bits per heavy atom. The van der Waals surface area contributed by atoms with E-state index in [0.29, 0.717) is 25.9 Å². The molecular weight excluding hydrogens is 368 g/mol. The number of amides is 4. The predicted octanol–water partition coefficient (Wildman–Crippen LogP) is 2.05. The molecule has 0 bridgehead atoms. The molecule has 3 heterocycles. The Bertz CT molecular complexity index is 761. The summed E-state index contributed by atoms with van der Waals surface area (Å²) in [5.74, 6) is -0.236. The van der Waals surface area contributed by atoms with Crippen LogP contribution in [0.1, 0.15) is 50.5 Å². The molecule has 3 aliphatic rings. The molecule has 0 aliphatic carbocycles. The van der Waals surface area contributed by atoms with Gasteiger partial charge < -0.3 is 10.2 Å². The summed E-state index contributed by atoms with van der Waals surface area (Å²) in [5.41, 5.74) is 1.04. The van der Waals surface area contributed by atoms with E-state index < -0.39 is 0 Å². The molecular formula is C22H30N4O3. The summed E-state index contributed by atoms with van der Waals surface area (Å²) < 4.78 is 0. The fourth-order valence-corrected chi connectivity index (χ4v) is 4.94. The van der Waals surface area contributed by atoms with Crippen LogP contribution in [0.4, 0.5) is 4.79 Å². The van der Waals surface area contributed by atoms with Crippen molar-refractivity contribution in [2.45, 2.75) is 57.2 Å². The standard InChI is InChI=1S/C22H30N4O3/c1-2-17(15-7-4-3-5-8-15)20(27)25-13-10-16(11-14-25)26-21(28)18-9-6-12-23-19(18)24-22(26)29/h3-5,7-8,16-19,23H,2,6,9-14H2,1H3,(H,24,29). The van der Waals surface area contributed by atoms with Crippen LogP contribution in [0.5, 0.6) is 0 Å². The van der Waals surface area contributed by atoms with Crippen molar-refractivity contribution in [3.63, 3.8) is 0 Å². The second-order valence-electron chi connectivity index (χ2n) is 8.27. The third-order valence-electron chi connectivity index (χ3n) is 6.56. The van der Waals surface area contributed by atoms with Crippen molar-refractivity contribution in [1.29, 1.82) is 0 Å². The second-order valence-corrected chi connectivity index (χ2v) is 8.27. The molecule has 2 N–H and O–H groups in total. The van der Waals surface area contributed by atoms with Crippen molar-refractivity contribution in [2.75, 3.05) is 19.6 Å². The van der Waals surface area contributed by atoms with Crippen LogP contribution >= 0.6 is 0 Å². The molecule has 29 heavy (non-hydrogen) atoms. The number of carbonyl (C=O) groups excluding carboxylic acids is 3. The van der Waals surface area contributed by atoms with E-state index in [-0.39, 0.29) is 41.9 Å². The highest BCUT2D eigenvalue weighted by atomic mass is 16.2. The van der Waals surface area contributed by atoms with Crippen LogP contribution in [-0.4, -0.2) is 59.5 Å². The third kappa shape index (κ3) is 3.88. The summed E-state index contributed by atoms with van der Waals surface area (Å²) in [5, 5.41) is 6.18. The fraction of sp³-hybridized carbons (Fsp3) is 0.591. The van der Waals surface area contributed by atoms with Gasteiger partial charge in [-0.2, -0.15) is 0 Å². The molecule has 1 aromatic carbocycles. The molecule has 4 rings (SSSR count). The molecule has 3 unspecified atom stereocenters. The minimum atomic E-state index is -0.300. The summed E-state index contributed by atoms with van der Waals surface area (Å²) in [7, 11) is 0. The SMILES string of the molecule is CCC(C(=O)N1CCC(N2C(=O)NC3NCCCC3C2=O)CC1)c1ccccc1. The number of piperidine rings is 2. The van der Waals surface area contributed by atoms with Crippen LogP contribution in [0.15, 0.2) is 30.3 Å². The van der Waals surface area contributed by atoms with Crippen molar-refractivity contribution in [3.05, 3.63) is 35.9 Å². The smallest absolute Gasteiger partial charge is 0.325 e. The molecule has 3 atom stereocenters. The quantitative estimate of drug-likeness (QED) is 0.813. The third-order valence-corrected chi connectivity index (χ3v) is 6.56. The number of nitrogens with one attached hydrogen (secondary N) is 2. The van der Waals surface area contributed by atoms with Gasteiger partial charge in [0.15, 0.2) is 0 Å². The molecule has 3 aliphatic heterocycles. The molecule has 7 nitrogen and oxygen atoms in total. The lowest BCUT2D eigenvalue weighted by molar-refractivity contribution is -0.140. The van der Waals surface area contributed by atoms with E-state index in [1.54, 1.807) is 0 Å². The van der Waals surface area contributed by atoms with Crippen molar-refractivity contribution >= 4 is 17.8 Å². The van der Waals surface area contributed by atoms with Gasteiger partial charge in [0, 0.05) is 19.1 Å². The van der Waals surface area contributed by atoms with Crippen molar-refractivity contribution in [2.24, 2.45) is 5.92 Å².